The number of anilines is 2. The van der Waals surface area contributed by atoms with Gasteiger partial charge in [0.05, 0.1) is 18.0 Å². The quantitative estimate of drug-likeness (QED) is 0.698. The lowest BCUT2D eigenvalue weighted by Crippen LogP contribution is -2.23. The van der Waals surface area contributed by atoms with E-state index in [1.54, 1.807) is 4.68 Å². The molecule has 30 heavy (non-hydrogen) atoms. The van der Waals surface area contributed by atoms with Gasteiger partial charge in [0.2, 0.25) is 5.91 Å². The van der Waals surface area contributed by atoms with Crippen LogP contribution in [-0.4, -0.2) is 36.0 Å². The minimum atomic E-state index is -0.0656. The summed E-state index contributed by atoms with van der Waals surface area (Å²) in [6.45, 7) is 6.02. The third kappa shape index (κ3) is 5.53. The summed E-state index contributed by atoms with van der Waals surface area (Å²) < 4.78 is 8.82. The highest BCUT2D eigenvalue weighted by molar-refractivity contribution is 5.88. The van der Waals surface area contributed by atoms with Gasteiger partial charge in [-0.25, -0.2) is 4.68 Å². The summed E-state index contributed by atoms with van der Waals surface area (Å²) in [7, 11) is 5.68. The number of carbonyl (C=O) groups is 1. The molecule has 0 saturated heterocycles. The number of rotatable bonds is 5. The van der Waals surface area contributed by atoms with Gasteiger partial charge < -0.3 is 15.0 Å². The van der Waals surface area contributed by atoms with Crippen LogP contribution in [0.2, 0.25) is 0 Å². The second-order valence-corrected chi connectivity index (χ2v) is 6.94. The van der Waals surface area contributed by atoms with Gasteiger partial charge in [0, 0.05) is 33.8 Å². The largest absolute Gasteiger partial charge is 0.494 e. The van der Waals surface area contributed by atoms with Crippen LogP contribution in [0.15, 0.2) is 59.4 Å². The van der Waals surface area contributed by atoms with Crippen molar-refractivity contribution < 1.29 is 9.53 Å². The Morgan fingerprint density at radius 1 is 1.07 bits per heavy atom. The smallest absolute Gasteiger partial charge is 0.295 e. The Morgan fingerprint density at radius 3 is 2.13 bits per heavy atom. The standard InChI is InChI=1S/C13H17N3O.C10H13NO2/c1-10-12(14(2)3)13(17)16(15(10)4)11-8-6-5-7-9-11;1-3-13-10-6-4-9(5-7-10)11-8(2)12/h5-9H,1-4H3;4-7H,3H2,1-2H3,(H,11,12). The van der Waals surface area contributed by atoms with E-state index in [0.29, 0.717) is 6.61 Å². The maximum atomic E-state index is 12.4. The van der Waals surface area contributed by atoms with Crippen molar-refractivity contribution in [1.82, 2.24) is 9.36 Å². The van der Waals surface area contributed by atoms with Gasteiger partial charge in [-0.05, 0) is 50.2 Å². The molecule has 2 aromatic carbocycles. The van der Waals surface area contributed by atoms with Crippen LogP contribution in [-0.2, 0) is 11.8 Å². The van der Waals surface area contributed by atoms with Crippen LogP contribution in [0.5, 0.6) is 5.75 Å². The van der Waals surface area contributed by atoms with E-state index in [9.17, 15) is 9.59 Å². The number of para-hydroxylation sites is 1. The Bertz CT molecular complexity index is 1020. The average molecular weight is 411 g/mol. The average Bonchev–Trinajstić information content (AvgIpc) is 2.93. The van der Waals surface area contributed by atoms with Crippen molar-refractivity contribution in [2.24, 2.45) is 7.05 Å². The summed E-state index contributed by atoms with van der Waals surface area (Å²) in [5.41, 5.74) is 3.38. The van der Waals surface area contributed by atoms with E-state index < -0.39 is 0 Å². The van der Waals surface area contributed by atoms with E-state index in [0.717, 1.165) is 28.5 Å². The molecule has 0 atom stereocenters. The molecule has 1 aromatic heterocycles. The first kappa shape index (κ1) is 22.8. The van der Waals surface area contributed by atoms with E-state index in [4.69, 9.17) is 4.74 Å². The van der Waals surface area contributed by atoms with Crippen molar-refractivity contribution in [2.45, 2.75) is 20.8 Å². The molecule has 0 bridgehead atoms. The molecule has 1 amide bonds. The molecule has 160 valence electrons. The minimum absolute atomic E-state index is 0.0150. The van der Waals surface area contributed by atoms with Crippen LogP contribution in [0.4, 0.5) is 11.4 Å². The Morgan fingerprint density at radius 2 is 1.67 bits per heavy atom. The van der Waals surface area contributed by atoms with Gasteiger partial charge in [-0.3, -0.25) is 14.3 Å². The number of carbonyl (C=O) groups excluding carboxylic acids is 1. The first-order valence-electron chi connectivity index (χ1n) is 9.78. The first-order valence-corrected chi connectivity index (χ1v) is 9.78. The number of nitrogens with one attached hydrogen (secondary N) is 1. The summed E-state index contributed by atoms with van der Waals surface area (Å²) in [4.78, 5) is 24.9. The fourth-order valence-electron chi connectivity index (χ4n) is 3.07. The lowest BCUT2D eigenvalue weighted by molar-refractivity contribution is -0.114. The molecular formula is C23H30N4O3. The number of aromatic nitrogens is 2. The first-order chi connectivity index (χ1) is 14.3. The molecular weight excluding hydrogens is 380 g/mol. The van der Waals surface area contributed by atoms with Gasteiger partial charge in [-0.2, -0.15) is 0 Å². The van der Waals surface area contributed by atoms with Gasteiger partial charge >= 0.3 is 0 Å². The molecule has 1 heterocycles. The summed E-state index contributed by atoms with van der Waals surface area (Å²) in [6.07, 6.45) is 0. The summed E-state index contributed by atoms with van der Waals surface area (Å²) >= 11 is 0. The Labute approximate surface area is 177 Å². The SMILES string of the molecule is CCOc1ccc(NC(C)=O)cc1.Cc1c(N(C)C)c(=O)n(-c2ccccc2)n1C. The minimum Gasteiger partial charge on any atom is -0.494 e. The summed E-state index contributed by atoms with van der Waals surface area (Å²) in [5.74, 6) is 0.751. The van der Waals surface area contributed by atoms with E-state index in [1.807, 2.05) is 99.2 Å². The van der Waals surface area contributed by atoms with Crippen molar-refractivity contribution in [1.29, 1.82) is 0 Å². The molecule has 7 nitrogen and oxygen atoms in total. The molecule has 0 saturated carbocycles. The normalized spacial score (nSPS) is 10.1. The van der Waals surface area contributed by atoms with Gasteiger partial charge in [-0.15, -0.1) is 0 Å². The maximum absolute atomic E-state index is 12.4. The molecule has 0 spiro atoms. The third-order valence-corrected chi connectivity index (χ3v) is 4.46. The van der Waals surface area contributed by atoms with E-state index in [2.05, 4.69) is 5.32 Å². The molecule has 1 N–H and O–H groups in total. The number of hydrogen-bond acceptors (Lipinski definition) is 4. The number of benzene rings is 2. The second kappa shape index (κ2) is 10.3. The third-order valence-electron chi connectivity index (χ3n) is 4.46. The lowest BCUT2D eigenvalue weighted by atomic mass is 10.3. The van der Waals surface area contributed by atoms with Gasteiger partial charge in [0.1, 0.15) is 11.4 Å². The molecule has 0 radical (unpaired) electrons. The van der Waals surface area contributed by atoms with E-state index >= 15 is 0 Å². The van der Waals surface area contributed by atoms with Gasteiger partial charge in [0.25, 0.3) is 5.56 Å². The molecule has 3 rings (SSSR count). The number of nitrogens with zero attached hydrogens (tertiary/aromatic N) is 3. The topological polar surface area (TPSA) is 68.5 Å². The molecule has 0 unspecified atom stereocenters. The highest BCUT2D eigenvalue weighted by atomic mass is 16.5. The Hall–Kier alpha value is -3.48. The second-order valence-electron chi connectivity index (χ2n) is 6.94. The monoisotopic (exact) mass is 410 g/mol. The zero-order valence-corrected chi connectivity index (χ0v) is 18.5. The van der Waals surface area contributed by atoms with Crippen molar-refractivity contribution in [3.8, 4) is 11.4 Å². The van der Waals surface area contributed by atoms with Gasteiger partial charge in [-0.1, -0.05) is 18.2 Å². The van der Waals surface area contributed by atoms with Gasteiger partial charge in [0.15, 0.2) is 0 Å². The van der Waals surface area contributed by atoms with Crippen LogP contribution in [0.1, 0.15) is 19.5 Å². The fraction of sp³-hybridized carbons (Fsp3) is 0.304. The van der Waals surface area contributed by atoms with Crippen LogP contribution in [0.3, 0.4) is 0 Å². The zero-order chi connectivity index (χ0) is 22.3. The molecule has 0 aliphatic heterocycles. The molecule has 0 aliphatic carbocycles. The van der Waals surface area contributed by atoms with E-state index in [1.165, 1.54) is 6.92 Å². The zero-order valence-electron chi connectivity index (χ0n) is 18.5. The number of ether oxygens (including phenoxy) is 1. The molecule has 0 fully saturated rings. The van der Waals surface area contributed by atoms with Crippen molar-refractivity contribution >= 4 is 17.3 Å². The van der Waals surface area contributed by atoms with Crippen molar-refractivity contribution in [3.63, 3.8) is 0 Å². The fourth-order valence-corrected chi connectivity index (χ4v) is 3.07. The van der Waals surface area contributed by atoms with E-state index in [-0.39, 0.29) is 11.5 Å². The summed E-state index contributed by atoms with van der Waals surface area (Å²) in [5, 5.41) is 2.68. The van der Waals surface area contributed by atoms with Crippen molar-refractivity contribution in [2.75, 3.05) is 30.9 Å². The molecule has 0 aliphatic rings. The van der Waals surface area contributed by atoms with Crippen LogP contribution in [0, 0.1) is 6.92 Å². The lowest BCUT2D eigenvalue weighted by Gasteiger charge is -2.09. The molecule has 7 heteroatoms. The predicted octanol–water partition coefficient (Wildman–Crippen LogP) is 3.59. The van der Waals surface area contributed by atoms with Crippen LogP contribution >= 0.6 is 0 Å². The highest BCUT2D eigenvalue weighted by Gasteiger charge is 2.16. The van der Waals surface area contributed by atoms with Crippen molar-refractivity contribution in [3.05, 3.63) is 70.6 Å². The van der Waals surface area contributed by atoms with Crippen LogP contribution < -0.4 is 20.5 Å². The number of hydrogen-bond donors (Lipinski definition) is 1. The highest BCUT2D eigenvalue weighted by Crippen LogP contribution is 2.16. The Balaban J connectivity index is 0.000000222. The molecule has 3 aromatic rings. The summed E-state index contributed by atoms with van der Waals surface area (Å²) in [6, 6.07) is 16.9. The van der Waals surface area contributed by atoms with Crippen LogP contribution in [0.25, 0.3) is 5.69 Å². The predicted molar refractivity (Wildman–Crippen MR) is 122 cm³/mol. The maximum Gasteiger partial charge on any atom is 0.295 e. The Kier molecular flexibility index (Phi) is 7.86. The number of amides is 1.